The Balaban J connectivity index is 0. The van der Waals surface area contributed by atoms with Gasteiger partial charge in [0.05, 0.1) is 0 Å². The van der Waals surface area contributed by atoms with Crippen LogP contribution in [-0.2, 0) is 9.59 Å². The minimum absolute atomic E-state index is 0. The van der Waals surface area contributed by atoms with Crippen LogP contribution in [0.1, 0.15) is 57.8 Å². The van der Waals surface area contributed by atoms with E-state index in [1.165, 1.54) is 0 Å². The predicted molar refractivity (Wildman–Crippen MR) is 64.0 cm³/mol. The summed E-state index contributed by atoms with van der Waals surface area (Å²) >= 11 is 0. The number of carbonyl (C=O) groups is 2. The van der Waals surface area contributed by atoms with Crippen LogP contribution in [0.4, 0.5) is 0 Å². The number of unbranched alkanes of at least 4 members (excludes halogenated alkanes) is 6. The normalized spacial score (nSPS) is 9.50. The molecule has 0 atom stereocenters. The van der Waals surface area contributed by atoms with Gasteiger partial charge in [0.25, 0.3) is 0 Å². The number of rotatable bonds is 10. The molecule has 0 saturated carbocycles. The molecule has 0 aromatic carbocycles. The molecular weight excluding hydrogens is 219 g/mol. The molecule has 0 spiro atoms. The van der Waals surface area contributed by atoms with Crippen molar-refractivity contribution in [3.8, 4) is 0 Å². The summed E-state index contributed by atoms with van der Waals surface area (Å²) in [6.07, 6.45) is 7.16. The Labute approximate surface area is 119 Å². The maximum absolute atomic E-state index is 10.2. The molecule has 0 aliphatic rings. The molecule has 16 heavy (non-hydrogen) atoms. The molecule has 0 aromatic rings. The topological polar surface area (TPSA) is 74.6 Å². The van der Waals surface area contributed by atoms with Gasteiger partial charge in [0, 0.05) is 12.8 Å². The first-order chi connectivity index (χ1) is 7.13. The second-order valence-electron chi connectivity index (χ2n) is 3.76. The molecule has 0 heterocycles. The van der Waals surface area contributed by atoms with Crippen LogP contribution in [0, 0.1) is 0 Å². The Hall–Kier alpha value is -0.0600. The van der Waals surface area contributed by atoms with Crippen molar-refractivity contribution in [1.29, 1.82) is 0 Å². The van der Waals surface area contributed by atoms with E-state index in [4.69, 9.17) is 10.2 Å². The Morgan fingerprint density at radius 1 is 0.625 bits per heavy atom. The molecule has 0 amide bonds. The summed E-state index contributed by atoms with van der Waals surface area (Å²) in [7, 11) is 0. The molecule has 5 heteroatoms. The van der Waals surface area contributed by atoms with Gasteiger partial charge in [-0.15, -0.1) is 0 Å². The van der Waals surface area contributed by atoms with E-state index in [-0.39, 0.29) is 42.4 Å². The van der Waals surface area contributed by atoms with Crippen LogP contribution in [-0.4, -0.2) is 51.7 Å². The van der Waals surface area contributed by atoms with Gasteiger partial charge in [0.15, 0.2) is 0 Å². The Bertz CT molecular complexity index is 174. The van der Waals surface area contributed by atoms with Gasteiger partial charge in [0.2, 0.25) is 0 Å². The van der Waals surface area contributed by atoms with E-state index in [0.717, 1.165) is 44.9 Å². The van der Waals surface area contributed by atoms with Gasteiger partial charge in [-0.3, -0.25) is 9.59 Å². The number of aliphatic carboxylic acids is 2. The molecular formula is C11H21NaO4. The van der Waals surface area contributed by atoms with E-state index in [1.807, 2.05) is 0 Å². The van der Waals surface area contributed by atoms with Gasteiger partial charge in [-0.2, -0.15) is 0 Å². The summed E-state index contributed by atoms with van der Waals surface area (Å²) in [5.41, 5.74) is 0. The summed E-state index contributed by atoms with van der Waals surface area (Å²) in [5.74, 6) is -1.45. The van der Waals surface area contributed by atoms with Gasteiger partial charge < -0.3 is 10.2 Å². The first-order valence-corrected chi connectivity index (χ1v) is 5.56. The zero-order valence-electron chi connectivity index (χ0n) is 9.07. The maximum atomic E-state index is 10.2. The SMILES string of the molecule is O=C(O)CCCCCCCCCC(=O)O.[NaH]. The molecule has 0 radical (unpaired) electrons. The van der Waals surface area contributed by atoms with Crippen molar-refractivity contribution in [3.05, 3.63) is 0 Å². The molecule has 0 bridgehead atoms. The van der Waals surface area contributed by atoms with E-state index in [1.54, 1.807) is 0 Å². The van der Waals surface area contributed by atoms with Crippen LogP contribution in [0.25, 0.3) is 0 Å². The van der Waals surface area contributed by atoms with Crippen molar-refractivity contribution in [1.82, 2.24) is 0 Å². The first-order valence-electron chi connectivity index (χ1n) is 5.56. The van der Waals surface area contributed by atoms with Crippen LogP contribution >= 0.6 is 0 Å². The minimum atomic E-state index is -0.726. The Morgan fingerprint density at radius 2 is 0.875 bits per heavy atom. The Kier molecular flexibility index (Phi) is 14.9. The third-order valence-corrected chi connectivity index (χ3v) is 2.28. The molecule has 0 aromatic heterocycles. The average Bonchev–Trinajstić information content (AvgIpc) is 2.14. The fraction of sp³-hybridized carbons (Fsp3) is 0.818. The van der Waals surface area contributed by atoms with Crippen molar-refractivity contribution in [2.45, 2.75) is 57.8 Å². The summed E-state index contributed by atoms with van der Waals surface area (Å²) < 4.78 is 0. The summed E-state index contributed by atoms with van der Waals surface area (Å²) in [4.78, 5) is 20.4. The van der Waals surface area contributed by atoms with Crippen LogP contribution < -0.4 is 0 Å². The van der Waals surface area contributed by atoms with Crippen LogP contribution in [0.15, 0.2) is 0 Å². The van der Waals surface area contributed by atoms with E-state index >= 15 is 0 Å². The number of hydrogen-bond acceptors (Lipinski definition) is 2. The van der Waals surface area contributed by atoms with Gasteiger partial charge in [-0.25, -0.2) is 0 Å². The monoisotopic (exact) mass is 240 g/mol. The molecule has 4 nitrogen and oxygen atoms in total. The quantitative estimate of drug-likeness (QED) is 0.452. The molecule has 0 rings (SSSR count). The van der Waals surface area contributed by atoms with E-state index < -0.39 is 11.9 Å². The van der Waals surface area contributed by atoms with E-state index in [9.17, 15) is 9.59 Å². The Morgan fingerprint density at radius 3 is 1.12 bits per heavy atom. The van der Waals surface area contributed by atoms with Gasteiger partial charge in [-0.05, 0) is 12.8 Å². The molecule has 2 N–H and O–H groups in total. The molecule has 0 fully saturated rings. The van der Waals surface area contributed by atoms with Crippen LogP contribution in [0.2, 0.25) is 0 Å². The zero-order chi connectivity index (χ0) is 11.5. The van der Waals surface area contributed by atoms with Gasteiger partial charge in [0.1, 0.15) is 0 Å². The second kappa shape index (κ2) is 13.0. The average molecular weight is 240 g/mol. The molecule has 0 saturated heterocycles. The van der Waals surface area contributed by atoms with Crippen molar-refractivity contribution < 1.29 is 19.8 Å². The summed E-state index contributed by atoms with van der Waals surface area (Å²) in [6.45, 7) is 0. The summed E-state index contributed by atoms with van der Waals surface area (Å²) in [5, 5.41) is 16.8. The fourth-order valence-corrected chi connectivity index (χ4v) is 1.44. The van der Waals surface area contributed by atoms with Crippen molar-refractivity contribution in [2.24, 2.45) is 0 Å². The van der Waals surface area contributed by atoms with Crippen molar-refractivity contribution in [3.63, 3.8) is 0 Å². The fourth-order valence-electron chi connectivity index (χ4n) is 1.44. The number of hydrogen-bond donors (Lipinski definition) is 2. The van der Waals surface area contributed by atoms with Crippen molar-refractivity contribution in [2.75, 3.05) is 0 Å². The van der Waals surface area contributed by atoms with Crippen LogP contribution in [0.3, 0.4) is 0 Å². The predicted octanol–water partition coefficient (Wildman–Crippen LogP) is 2.02. The number of carboxylic acids is 2. The van der Waals surface area contributed by atoms with E-state index in [2.05, 4.69) is 0 Å². The number of carboxylic acid groups (broad SMARTS) is 2. The van der Waals surface area contributed by atoms with Crippen molar-refractivity contribution >= 4 is 41.5 Å². The summed E-state index contributed by atoms with van der Waals surface area (Å²) in [6, 6.07) is 0. The van der Waals surface area contributed by atoms with Crippen LogP contribution in [0.5, 0.6) is 0 Å². The molecule has 90 valence electrons. The third kappa shape index (κ3) is 16.4. The standard InChI is InChI=1S/C11H20O4.Na.H/c12-10(13)8-6-4-2-1-3-5-7-9-11(14)15;;/h1-9H2,(H,12,13)(H,14,15);;. The molecule has 0 unspecified atom stereocenters. The molecule has 0 aliphatic carbocycles. The third-order valence-electron chi connectivity index (χ3n) is 2.28. The first kappa shape index (κ1) is 18.3. The van der Waals surface area contributed by atoms with Gasteiger partial charge in [-0.1, -0.05) is 32.1 Å². The van der Waals surface area contributed by atoms with Gasteiger partial charge >= 0.3 is 41.5 Å². The zero-order valence-corrected chi connectivity index (χ0v) is 9.07. The second-order valence-corrected chi connectivity index (χ2v) is 3.76. The van der Waals surface area contributed by atoms with E-state index in [0.29, 0.717) is 0 Å². The molecule has 0 aliphatic heterocycles.